The summed E-state index contributed by atoms with van der Waals surface area (Å²) in [6.07, 6.45) is 0.984. The van der Waals surface area contributed by atoms with Gasteiger partial charge in [0.25, 0.3) is 0 Å². The lowest BCUT2D eigenvalue weighted by Gasteiger charge is -2.06. The first kappa shape index (κ1) is 9.10. The normalized spacial score (nSPS) is 12.5. The van der Waals surface area contributed by atoms with Crippen LogP contribution in [0.1, 0.15) is 6.42 Å². The highest BCUT2D eigenvalue weighted by atomic mass is 16.5. The maximum absolute atomic E-state index is 10.2. The Morgan fingerprint density at radius 3 is 2.70 bits per heavy atom. The van der Waals surface area contributed by atoms with Gasteiger partial charge in [-0.05, 0) is 6.42 Å². The molecule has 4 heteroatoms. The molecular formula is C6H9O4. The molecule has 4 nitrogen and oxygen atoms in total. The number of carboxylic acid groups (broad SMARTS) is 1. The van der Waals surface area contributed by atoms with Crippen LogP contribution in [0, 0.1) is 6.42 Å². The molecule has 0 spiro atoms. The molecule has 1 unspecified atom stereocenters. The van der Waals surface area contributed by atoms with E-state index in [-0.39, 0.29) is 6.42 Å². The molecule has 0 bridgehead atoms. The monoisotopic (exact) mass is 145 g/mol. The third-order valence-electron chi connectivity index (χ3n) is 1.01. The summed E-state index contributed by atoms with van der Waals surface area (Å²) in [5.74, 6) is -1.06. The Morgan fingerprint density at radius 1 is 1.80 bits per heavy atom. The lowest BCUT2D eigenvalue weighted by molar-refractivity contribution is -0.148. The summed E-state index contributed by atoms with van der Waals surface area (Å²) < 4.78 is 4.52. The minimum Gasteiger partial charge on any atom is -0.479 e. The Balaban J connectivity index is 3.60. The maximum Gasteiger partial charge on any atom is 0.332 e. The lowest BCUT2D eigenvalue weighted by Crippen LogP contribution is -2.22. The highest BCUT2D eigenvalue weighted by Crippen LogP contribution is 1.97. The van der Waals surface area contributed by atoms with Gasteiger partial charge in [-0.2, -0.15) is 0 Å². The van der Waals surface area contributed by atoms with Gasteiger partial charge in [-0.25, -0.2) is 4.79 Å². The van der Waals surface area contributed by atoms with Crippen LogP contribution in [0.3, 0.4) is 0 Å². The van der Waals surface area contributed by atoms with E-state index in [1.54, 1.807) is 0 Å². The molecule has 0 saturated heterocycles. The van der Waals surface area contributed by atoms with Crippen molar-refractivity contribution in [1.29, 1.82) is 0 Å². The molecule has 10 heavy (non-hydrogen) atoms. The summed E-state index contributed by atoms with van der Waals surface area (Å²) in [5, 5.41) is 8.34. The van der Waals surface area contributed by atoms with Crippen LogP contribution in [0.25, 0.3) is 0 Å². The number of methoxy groups -OCH3 is 1. The van der Waals surface area contributed by atoms with Crippen LogP contribution in [0.5, 0.6) is 0 Å². The highest BCUT2D eigenvalue weighted by Gasteiger charge is 2.14. The summed E-state index contributed by atoms with van der Waals surface area (Å²) in [7, 11) is 1.29. The fourth-order valence-electron chi connectivity index (χ4n) is 0.477. The maximum atomic E-state index is 10.2. The predicted octanol–water partition coefficient (Wildman–Crippen LogP) is -0.121. The van der Waals surface area contributed by atoms with Crippen molar-refractivity contribution in [1.82, 2.24) is 0 Å². The number of aldehydes is 1. The van der Waals surface area contributed by atoms with Gasteiger partial charge in [0.15, 0.2) is 6.10 Å². The molecule has 0 saturated carbocycles. The Morgan fingerprint density at radius 2 is 2.40 bits per heavy atom. The molecule has 0 rings (SSSR count). The minimum absolute atomic E-state index is 0.120. The van der Waals surface area contributed by atoms with Crippen molar-refractivity contribution >= 4 is 12.3 Å². The minimum atomic E-state index is -1.06. The van der Waals surface area contributed by atoms with E-state index in [2.05, 4.69) is 4.74 Å². The smallest absolute Gasteiger partial charge is 0.332 e. The van der Waals surface area contributed by atoms with E-state index >= 15 is 0 Å². The van der Waals surface area contributed by atoms with Crippen LogP contribution in [0.15, 0.2) is 0 Å². The summed E-state index contributed by atoms with van der Waals surface area (Å²) in [6, 6.07) is 0. The second-order valence-electron chi connectivity index (χ2n) is 1.67. The second kappa shape index (κ2) is 4.93. The van der Waals surface area contributed by atoms with E-state index in [0.29, 0.717) is 6.29 Å². The third-order valence-corrected chi connectivity index (χ3v) is 1.01. The summed E-state index contributed by atoms with van der Waals surface area (Å²) in [6.45, 7) is 0. The van der Waals surface area contributed by atoms with E-state index in [0.717, 1.165) is 0 Å². The van der Waals surface area contributed by atoms with E-state index in [1.165, 1.54) is 13.5 Å². The van der Waals surface area contributed by atoms with Crippen molar-refractivity contribution in [2.45, 2.75) is 12.5 Å². The van der Waals surface area contributed by atoms with Crippen molar-refractivity contribution < 1.29 is 19.4 Å². The molecule has 1 N–H and O–H groups in total. The van der Waals surface area contributed by atoms with Crippen LogP contribution in [-0.2, 0) is 14.3 Å². The highest BCUT2D eigenvalue weighted by molar-refractivity contribution is 5.73. The van der Waals surface area contributed by atoms with E-state index < -0.39 is 12.1 Å². The van der Waals surface area contributed by atoms with Crippen LogP contribution in [0.4, 0.5) is 0 Å². The summed E-state index contributed by atoms with van der Waals surface area (Å²) >= 11 is 0. The Bertz CT molecular complexity index is 121. The molecule has 57 valence electrons. The standard InChI is InChI=1S/C6H9O4/c1-10-5(6(8)9)3-2-4-7/h2,4-5H,3H2,1H3,(H,8,9). The first-order valence-electron chi connectivity index (χ1n) is 2.75. The predicted molar refractivity (Wildman–Crippen MR) is 33.4 cm³/mol. The molecule has 0 aliphatic heterocycles. The zero-order chi connectivity index (χ0) is 7.98. The number of ether oxygens (including phenoxy) is 1. The molecule has 0 aromatic rings. The Hall–Kier alpha value is -0.900. The molecule has 1 atom stereocenters. The number of hydrogen-bond acceptors (Lipinski definition) is 3. The molecule has 0 aliphatic rings. The van der Waals surface area contributed by atoms with Gasteiger partial charge in [0.1, 0.15) is 6.29 Å². The van der Waals surface area contributed by atoms with Crippen molar-refractivity contribution in [2.75, 3.05) is 7.11 Å². The molecule has 0 fully saturated rings. The molecule has 0 heterocycles. The average molecular weight is 145 g/mol. The fourth-order valence-corrected chi connectivity index (χ4v) is 0.477. The SMILES string of the molecule is COC(C[CH]C=O)C(=O)O. The van der Waals surface area contributed by atoms with E-state index in [4.69, 9.17) is 5.11 Å². The zero-order valence-electron chi connectivity index (χ0n) is 5.61. The van der Waals surface area contributed by atoms with Crippen molar-refractivity contribution in [2.24, 2.45) is 0 Å². The van der Waals surface area contributed by atoms with Crippen molar-refractivity contribution in [3.05, 3.63) is 6.42 Å². The lowest BCUT2D eigenvalue weighted by atomic mass is 10.2. The topological polar surface area (TPSA) is 63.6 Å². The molecule has 0 amide bonds. The summed E-state index contributed by atoms with van der Waals surface area (Å²) in [5.41, 5.74) is 0. The molecule has 0 aromatic heterocycles. The van der Waals surface area contributed by atoms with E-state index in [9.17, 15) is 9.59 Å². The molecule has 0 aliphatic carbocycles. The zero-order valence-corrected chi connectivity index (χ0v) is 5.61. The number of aliphatic carboxylic acids is 1. The Labute approximate surface area is 58.8 Å². The third kappa shape index (κ3) is 3.19. The summed E-state index contributed by atoms with van der Waals surface area (Å²) in [4.78, 5) is 19.9. The van der Waals surface area contributed by atoms with Crippen LogP contribution in [0.2, 0.25) is 0 Å². The first-order chi connectivity index (χ1) is 4.72. The quantitative estimate of drug-likeness (QED) is 0.548. The first-order valence-corrected chi connectivity index (χ1v) is 2.75. The van der Waals surface area contributed by atoms with Gasteiger partial charge in [0.2, 0.25) is 0 Å². The van der Waals surface area contributed by atoms with Gasteiger partial charge in [0.05, 0.1) is 0 Å². The van der Waals surface area contributed by atoms with Gasteiger partial charge in [-0.1, -0.05) is 0 Å². The number of carbonyl (C=O) groups excluding carboxylic acids is 1. The van der Waals surface area contributed by atoms with Gasteiger partial charge < -0.3 is 14.6 Å². The molecular weight excluding hydrogens is 136 g/mol. The van der Waals surface area contributed by atoms with Gasteiger partial charge in [-0.15, -0.1) is 0 Å². The largest absolute Gasteiger partial charge is 0.479 e. The second-order valence-corrected chi connectivity index (χ2v) is 1.67. The molecule has 1 radical (unpaired) electrons. The van der Waals surface area contributed by atoms with Crippen molar-refractivity contribution in [3.63, 3.8) is 0 Å². The fraction of sp³-hybridized carbons (Fsp3) is 0.500. The van der Waals surface area contributed by atoms with Crippen molar-refractivity contribution in [3.8, 4) is 0 Å². The van der Waals surface area contributed by atoms with Gasteiger partial charge >= 0.3 is 5.97 Å². The average Bonchev–Trinajstić information content (AvgIpc) is 1.89. The van der Waals surface area contributed by atoms with Gasteiger partial charge in [0, 0.05) is 13.5 Å². The number of carbonyl (C=O) groups is 2. The van der Waals surface area contributed by atoms with Crippen LogP contribution < -0.4 is 0 Å². The van der Waals surface area contributed by atoms with E-state index in [1.807, 2.05) is 0 Å². The molecule has 0 aromatic carbocycles. The van der Waals surface area contributed by atoms with Gasteiger partial charge in [-0.3, -0.25) is 0 Å². The number of rotatable bonds is 5. The number of carboxylic acids is 1. The van der Waals surface area contributed by atoms with Crippen LogP contribution >= 0.6 is 0 Å². The van der Waals surface area contributed by atoms with Crippen LogP contribution in [-0.4, -0.2) is 30.6 Å². The number of hydrogen-bond donors (Lipinski definition) is 1. The Kier molecular flexibility index (Phi) is 4.49.